The second kappa shape index (κ2) is 5.66. The largest absolute Gasteiger partial charge is 0.352 e. The zero-order valence-electron chi connectivity index (χ0n) is 10.2. The van der Waals surface area contributed by atoms with Gasteiger partial charge in [-0.2, -0.15) is 0 Å². The SMILES string of the molecule is C[C@@H](Cn1ccnc1)NC(=O)[C@@H]1CC=CCC1. The Hall–Kier alpha value is -1.58. The number of allylic oxidation sites excluding steroid dienone is 2. The minimum absolute atomic E-state index is 0.141. The van der Waals surface area contributed by atoms with Crippen LogP contribution in [0, 0.1) is 5.92 Å². The Labute approximate surface area is 102 Å². The molecule has 2 atom stereocenters. The molecule has 0 unspecified atom stereocenters. The predicted molar refractivity (Wildman–Crippen MR) is 66.3 cm³/mol. The molecule has 0 aromatic carbocycles. The number of carbonyl (C=O) groups excluding carboxylic acids is 1. The van der Waals surface area contributed by atoms with Crippen molar-refractivity contribution in [2.24, 2.45) is 5.92 Å². The highest BCUT2D eigenvalue weighted by atomic mass is 16.1. The van der Waals surface area contributed by atoms with E-state index in [0.717, 1.165) is 25.8 Å². The third-order valence-electron chi connectivity index (χ3n) is 3.07. The highest BCUT2D eigenvalue weighted by molar-refractivity contribution is 5.79. The highest BCUT2D eigenvalue weighted by Crippen LogP contribution is 2.18. The molecule has 4 nitrogen and oxygen atoms in total. The van der Waals surface area contributed by atoms with Crippen LogP contribution in [0.2, 0.25) is 0 Å². The van der Waals surface area contributed by atoms with E-state index >= 15 is 0 Å². The molecular weight excluding hydrogens is 214 g/mol. The Balaban J connectivity index is 1.79. The zero-order valence-corrected chi connectivity index (χ0v) is 10.2. The molecule has 1 N–H and O–H groups in total. The molecule has 1 heterocycles. The van der Waals surface area contributed by atoms with Gasteiger partial charge in [-0.1, -0.05) is 12.2 Å². The van der Waals surface area contributed by atoms with Gasteiger partial charge in [-0.05, 0) is 26.2 Å². The Morgan fingerprint density at radius 2 is 2.47 bits per heavy atom. The number of nitrogens with one attached hydrogen (secondary N) is 1. The van der Waals surface area contributed by atoms with Gasteiger partial charge in [0.1, 0.15) is 0 Å². The van der Waals surface area contributed by atoms with Crippen LogP contribution >= 0.6 is 0 Å². The van der Waals surface area contributed by atoms with Crippen LogP contribution in [-0.2, 0) is 11.3 Å². The van der Waals surface area contributed by atoms with Crippen molar-refractivity contribution >= 4 is 5.91 Å². The van der Waals surface area contributed by atoms with Crippen molar-refractivity contribution in [3.05, 3.63) is 30.9 Å². The van der Waals surface area contributed by atoms with Gasteiger partial charge in [0, 0.05) is 30.9 Å². The van der Waals surface area contributed by atoms with E-state index in [9.17, 15) is 4.79 Å². The maximum absolute atomic E-state index is 12.0. The molecule has 0 aliphatic heterocycles. The van der Waals surface area contributed by atoms with Crippen LogP contribution in [0.4, 0.5) is 0 Å². The molecule has 0 saturated carbocycles. The number of rotatable bonds is 4. The van der Waals surface area contributed by atoms with E-state index in [1.54, 1.807) is 12.5 Å². The summed E-state index contributed by atoms with van der Waals surface area (Å²) < 4.78 is 1.98. The fraction of sp³-hybridized carbons (Fsp3) is 0.538. The molecule has 0 bridgehead atoms. The van der Waals surface area contributed by atoms with Crippen LogP contribution in [0.25, 0.3) is 0 Å². The van der Waals surface area contributed by atoms with Gasteiger partial charge in [0.25, 0.3) is 0 Å². The van der Waals surface area contributed by atoms with E-state index in [1.165, 1.54) is 0 Å². The van der Waals surface area contributed by atoms with Crippen molar-refractivity contribution in [3.63, 3.8) is 0 Å². The average molecular weight is 233 g/mol. The van der Waals surface area contributed by atoms with Crippen molar-refractivity contribution in [2.75, 3.05) is 0 Å². The minimum atomic E-state index is 0.141. The van der Waals surface area contributed by atoms with Gasteiger partial charge in [0.15, 0.2) is 0 Å². The van der Waals surface area contributed by atoms with Crippen molar-refractivity contribution < 1.29 is 4.79 Å². The van der Waals surface area contributed by atoms with Gasteiger partial charge >= 0.3 is 0 Å². The number of aromatic nitrogens is 2. The third kappa shape index (κ3) is 3.44. The summed E-state index contributed by atoms with van der Waals surface area (Å²) in [4.78, 5) is 16.0. The van der Waals surface area contributed by atoms with Crippen LogP contribution < -0.4 is 5.32 Å². The summed E-state index contributed by atoms with van der Waals surface area (Å²) in [5.74, 6) is 0.340. The summed E-state index contributed by atoms with van der Waals surface area (Å²) in [7, 11) is 0. The first kappa shape index (κ1) is 11.9. The number of nitrogens with zero attached hydrogens (tertiary/aromatic N) is 2. The van der Waals surface area contributed by atoms with E-state index in [1.807, 2.05) is 17.7 Å². The number of hydrogen-bond donors (Lipinski definition) is 1. The van der Waals surface area contributed by atoms with Crippen LogP contribution in [0.15, 0.2) is 30.9 Å². The molecule has 0 radical (unpaired) electrons. The maximum Gasteiger partial charge on any atom is 0.223 e. The van der Waals surface area contributed by atoms with Gasteiger partial charge in [-0.15, -0.1) is 0 Å². The maximum atomic E-state index is 12.0. The van der Waals surface area contributed by atoms with Crippen LogP contribution in [0.5, 0.6) is 0 Å². The topological polar surface area (TPSA) is 46.9 Å². The molecule has 2 rings (SSSR count). The number of imidazole rings is 1. The second-order valence-electron chi connectivity index (χ2n) is 4.65. The molecule has 1 aromatic rings. The summed E-state index contributed by atoms with van der Waals surface area (Å²) in [6.07, 6.45) is 12.6. The predicted octanol–water partition coefficient (Wildman–Crippen LogP) is 1.74. The Bertz CT molecular complexity index is 383. The molecule has 4 heteroatoms. The van der Waals surface area contributed by atoms with Crippen LogP contribution in [0.1, 0.15) is 26.2 Å². The van der Waals surface area contributed by atoms with Crippen molar-refractivity contribution in [3.8, 4) is 0 Å². The molecule has 92 valence electrons. The van der Waals surface area contributed by atoms with E-state index in [-0.39, 0.29) is 17.9 Å². The summed E-state index contributed by atoms with van der Waals surface area (Å²) in [6, 6.07) is 0.141. The molecule has 1 aliphatic rings. The van der Waals surface area contributed by atoms with Gasteiger partial charge in [-0.3, -0.25) is 4.79 Å². The lowest BCUT2D eigenvalue weighted by molar-refractivity contribution is -0.125. The highest BCUT2D eigenvalue weighted by Gasteiger charge is 2.19. The van der Waals surface area contributed by atoms with Crippen molar-refractivity contribution in [1.82, 2.24) is 14.9 Å². The first-order valence-corrected chi connectivity index (χ1v) is 6.17. The summed E-state index contributed by atoms with van der Waals surface area (Å²) in [5, 5.41) is 3.07. The second-order valence-corrected chi connectivity index (χ2v) is 4.65. The van der Waals surface area contributed by atoms with Crippen molar-refractivity contribution in [2.45, 2.75) is 38.8 Å². The van der Waals surface area contributed by atoms with Crippen molar-refractivity contribution in [1.29, 1.82) is 0 Å². The first-order valence-electron chi connectivity index (χ1n) is 6.17. The van der Waals surface area contributed by atoms with E-state index in [2.05, 4.69) is 22.5 Å². The first-order chi connectivity index (χ1) is 8.25. The Morgan fingerprint density at radius 1 is 1.59 bits per heavy atom. The van der Waals surface area contributed by atoms with E-state index in [0.29, 0.717) is 0 Å². The lowest BCUT2D eigenvalue weighted by atomic mass is 9.93. The summed E-state index contributed by atoms with van der Waals surface area (Å²) in [6.45, 7) is 2.80. The fourth-order valence-electron chi connectivity index (χ4n) is 2.15. The molecule has 1 amide bonds. The average Bonchev–Trinajstić information content (AvgIpc) is 2.82. The van der Waals surface area contributed by atoms with Gasteiger partial charge in [0.2, 0.25) is 5.91 Å². The number of carbonyl (C=O) groups is 1. The lowest BCUT2D eigenvalue weighted by Crippen LogP contribution is -2.39. The van der Waals surface area contributed by atoms with Gasteiger partial charge in [0.05, 0.1) is 6.33 Å². The number of amides is 1. The zero-order chi connectivity index (χ0) is 12.1. The molecular formula is C13H19N3O. The fourth-order valence-corrected chi connectivity index (χ4v) is 2.15. The van der Waals surface area contributed by atoms with E-state index in [4.69, 9.17) is 0 Å². The monoisotopic (exact) mass is 233 g/mol. The van der Waals surface area contributed by atoms with Gasteiger partial charge in [-0.25, -0.2) is 4.98 Å². The van der Waals surface area contributed by atoms with Crippen LogP contribution in [-0.4, -0.2) is 21.5 Å². The third-order valence-corrected chi connectivity index (χ3v) is 3.07. The number of hydrogen-bond acceptors (Lipinski definition) is 2. The molecule has 1 aromatic heterocycles. The smallest absolute Gasteiger partial charge is 0.223 e. The Kier molecular flexibility index (Phi) is 3.96. The summed E-state index contributed by atoms with van der Waals surface area (Å²) >= 11 is 0. The molecule has 0 spiro atoms. The van der Waals surface area contributed by atoms with Crippen LogP contribution in [0.3, 0.4) is 0 Å². The molecule has 17 heavy (non-hydrogen) atoms. The standard InChI is InChI=1S/C13H19N3O/c1-11(9-16-8-7-14-10-16)15-13(17)12-5-3-2-4-6-12/h2-3,7-8,10-12H,4-6,9H2,1H3,(H,15,17)/t11-,12+/m0/s1. The van der Waals surface area contributed by atoms with E-state index < -0.39 is 0 Å². The lowest BCUT2D eigenvalue weighted by Gasteiger charge is -2.21. The summed E-state index contributed by atoms with van der Waals surface area (Å²) in [5.41, 5.74) is 0. The quantitative estimate of drug-likeness (QED) is 0.805. The molecule has 0 saturated heterocycles. The van der Waals surface area contributed by atoms with Gasteiger partial charge < -0.3 is 9.88 Å². The Morgan fingerprint density at radius 3 is 3.12 bits per heavy atom. The minimum Gasteiger partial charge on any atom is -0.352 e. The molecule has 1 aliphatic carbocycles. The normalized spacial score (nSPS) is 21.1. The molecule has 0 fully saturated rings.